The van der Waals surface area contributed by atoms with E-state index in [0.717, 1.165) is 4.68 Å². The lowest BCUT2D eigenvalue weighted by molar-refractivity contribution is -0.139. The van der Waals surface area contributed by atoms with Gasteiger partial charge in [-0.15, -0.1) is 0 Å². The van der Waals surface area contributed by atoms with Gasteiger partial charge in [-0.05, 0) is 12.1 Å². The Morgan fingerprint density at radius 1 is 1.26 bits per heavy atom. The molecule has 0 saturated carbocycles. The molecule has 1 atom stereocenters. The fourth-order valence-corrected chi connectivity index (χ4v) is 1.85. The highest BCUT2D eigenvalue weighted by atomic mass is 16.4. The molecule has 2 aromatic rings. The van der Waals surface area contributed by atoms with E-state index in [4.69, 9.17) is 5.11 Å². The molecule has 0 aliphatic rings. The van der Waals surface area contributed by atoms with E-state index < -0.39 is 29.6 Å². The second-order valence-electron chi connectivity index (χ2n) is 4.15. The number of aliphatic carboxylic acids is 1. The fraction of sp³-hybridized carbons (Fsp3) is 0.250. The zero-order valence-corrected chi connectivity index (χ0v) is 9.87. The molecule has 3 N–H and O–H groups in total. The number of fused-ring (bicyclic) bond motifs is 1. The van der Waals surface area contributed by atoms with Crippen LogP contribution in [-0.2, 0) is 11.3 Å². The summed E-state index contributed by atoms with van der Waals surface area (Å²) in [5, 5.41) is 20.8. The summed E-state index contributed by atoms with van der Waals surface area (Å²) in [6.45, 7) is -0.273. The van der Waals surface area contributed by atoms with Gasteiger partial charge in [-0.25, -0.2) is 4.68 Å². The maximum absolute atomic E-state index is 12.0. The predicted molar refractivity (Wildman–Crippen MR) is 67.1 cm³/mol. The number of aromatic nitrogens is 2. The number of carboxylic acids is 1. The minimum atomic E-state index is -1.24. The number of aliphatic hydroxyl groups is 1. The fourth-order valence-electron chi connectivity index (χ4n) is 1.85. The van der Waals surface area contributed by atoms with Crippen LogP contribution >= 0.6 is 0 Å². The number of hydrogen-bond donors (Lipinski definition) is 3. The Labute approximate surface area is 106 Å². The Hall–Kier alpha value is -2.41. The van der Waals surface area contributed by atoms with Crippen LogP contribution in [0.1, 0.15) is 6.42 Å². The van der Waals surface area contributed by atoms with Gasteiger partial charge in [-0.3, -0.25) is 19.5 Å². The van der Waals surface area contributed by atoms with Crippen molar-refractivity contribution in [1.29, 1.82) is 0 Å². The first-order valence-corrected chi connectivity index (χ1v) is 5.61. The van der Waals surface area contributed by atoms with E-state index in [1.807, 2.05) is 0 Å². The number of aliphatic hydroxyl groups excluding tert-OH is 1. The van der Waals surface area contributed by atoms with Gasteiger partial charge in [0, 0.05) is 0 Å². The van der Waals surface area contributed by atoms with E-state index in [-0.39, 0.29) is 17.3 Å². The van der Waals surface area contributed by atoms with Gasteiger partial charge in [0.15, 0.2) is 0 Å². The number of aromatic amines is 1. The van der Waals surface area contributed by atoms with Crippen LogP contribution in [0.4, 0.5) is 0 Å². The molecule has 1 unspecified atom stereocenters. The third-order valence-corrected chi connectivity index (χ3v) is 2.69. The van der Waals surface area contributed by atoms with E-state index in [1.165, 1.54) is 12.1 Å². The standard InChI is InChI=1S/C12H12N2O5/c15-7(5-10(16)17)6-14-12(19)9-4-2-1-3-8(9)11(18)13-14/h1-4,7,15H,5-6H2,(H,13,18)(H,16,17). The molecular formula is C12H12N2O5. The molecule has 2 rings (SSSR count). The Bertz CT molecular complexity index is 731. The number of rotatable bonds is 4. The van der Waals surface area contributed by atoms with Crippen molar-refractivity contribution in [2.45, 2.75) is 19.1 Å². The second kappa shape index (κ2) is 5.07. The van der Waals surface area contributed by atoms with Crippen molar-refractivity contribution < 1.29 is 15.0 Å². The zero-order valence-electron chi connectivity index (χ0n) is 9.87. The Morgan fingerprint density at radius 2 is 1.89 bits per heavy atom. The molecular weight excluding hydrogens is 252 g/mol. The van der Waals surface area contributed by atoms with Crippen LogP contribution in [0, 0.1) is 0 Å². The van der Waals surface area contributed by atoms with Crippen LogP contribution in [0.5, 0.6) is 0 Å². The van der Waals surface area contributed by atoms with Gasteiger partial charge in [-0.1, -0.05) is 12.1 Å². The average molecular weight is 264 g/mol. The third-order valence-electron chi connectivity index (χ3n) is 2.69. The maximum Gasteiger partial charge on any atom is 0.306 e. The lowest BCUT2D eigenvalue weighted by Crippen LogP contribution is -2.34. The first-order chi connectivity index (χ1) is 8.99. The molecule has 0 amide bonds. The predicted octanol–water partition coefficient (Wildman–Crippen LogP) is -0.475. The third kappa shape index (κ3) is 2.71. The van der Waals surface area contributed by atoms with Crippen molar-refractivity contribution in [2.24, 2.45) is 0 Å². The highest BCUT2D eigenvalue weighted by Gasteiger charge is 2.13. The minimum Gasteiger partial charge on any atom is -0.481 e. The molecule has 7 heteroatoms. The summed E-state index contributed by atoms with van der Waals surface area (Å²) in [4.78, 5) is 34.2. The van der Waals surface area contributed by atoms with Crippen LogP contribution in [-0.4, -0.2) is 32.1 Å². The molecule has 0 radical (unpaired) electrons. The van der Waals surface area contributed by atoms with E-state index in [1.54, 1.807) is 12.1 Å². The van der Waals surface area contributed by atoms with Crippen LogP contribution in [0.15, 0.2) is 33.9 Å². The summed E-state index contributed by atoms with van der Waals surface area (Å²) < 4.78 is 0.929. The number of carboxylic acid groups (broad SMARTS) is 1. The van der Waals surface area contributed by atoms with E-state index in [0.29, 0.717) is 0 Å². The quantitative estimate of drug-likeness (QED) is 0.690. The molecule has 100 valence electrons. The largest absolute Gasteiger partial charge is 0.481 e. The van der Waals surface area contributed by atoms with Gasteiger partial charge < -0.3 is 10.2 Å². The van der Waals surface area contributed by atoms with Crippen LogP contribution in [0.3, 0.4) is 0 Å². The maximum atomic E-state index is 12.0. The number of H-pyrrole nitrogens is 1. The van der Waals surface area contributed by atoms with Crippen molar-refractivity contribution in [1.82, 2.24) is 9.78 Å². The van der Waals surface area contributed by atoms with E-state index in [2.05, 4.69) is 5.10 Å². The molecule has 1 aromatic heterocycles. The molecule has 0 bridgehead atoms. The first-order valence-electron chi connectivity index (χ1n) is 5.61. The number of nitrogens with one attached hydrogen (secondary N) is 1. The van der Waals surface area contributed by atoms with Gasteiger partial charge in [0.05, 0.1) is 29.8 Å². The number of hydrogen-bond acceptors (Lipinski definition) is 4. The Kier molecular flexibility index (Phi) is 3.48. The van der Waals surface area contributed by atoms with E-state index in [9.17, 15) is 19.5 Å². The first kappa shape index (κ1) is 13.0. The van der Waals surface area contributed by atoms with Crippen molar-refractivity contribution in [3.8, 4) is 0 Å². The minimum absolute atomic E-state index is 0.230. The van der Waals surface area contributed by atoms with Crippen molar-refractivity contribution >= 4 is 16.7 Å². The highest BCUT2D eigenvalue weighted by Crippen LogP contribution is 2.03. The van der Waals surface area contributed by atoms with Gasteiger partial charge in [0.1, 0.15) is 0 Å². The van der Waals surface area contributed by atoms with Crippen LogP contribution < -0.4 is 11.1 Å². The topological polar surface area (TPSA) is 112 Å². The molecule has 7 nitrogen and oxygen atoms in total. The molecule has 1 aromatic carbocycles. The van der Waals surface area contributed by atoms with Crippen molar-refractivity contribution in [2.75, 3.05) is 0 Å². The number of nitrogens with zero attached hydrogens (tertiary/aromatic N) is 1. The summed E-state index contributed by atoms with van der Waals surface area (Å²) >= 11 is 0. The van der Waals surface area contributed by atoms with Crippen LogP contribution in [0.25, 0.3) is 10.8 Å². The zero-order chi connectivity index (χ0) is 14.0. The monoisotopic (exact) mass is 264 g/mol. The summed E-state index contributed by atoms with van der Waals surface area (Å²) in [7, 11) is 0. The van der Waals surface area contributed by atoms with Gasteiger partial charge in [-0.2, -0.15) is 0 Å². The molecule has 0 aliphatic heterocycles. The SMILES string of the molecule is O=C(O)CC(O)Cn1[nH]c(=O)c2ccccc2c1=O. The second-order valence-corrected chi connectivity index (χ2v) is 4.15. The average Bonchev–Trinajstić information content (AvgIpc) is 2.34. The molecule has 1 heterocycles. The Morgan fingerprint density at radius 3 is 2.53 bits per heavy atom. The van der Waals surface area contributed by atoms with Crippen molar-refractivity contribution in [3.63, 3.8) is 0 Å². The Balaban J connectivity index is 2.45. The highest BCUT2D eigenvalue weighted by molar-refractivity contribution is 5.80. The number of carbonyl (C=O) groups is 1. The molecule has 0 saturated heterocycles. The van der Waals surface area contributed by atoms with Gasteiger partial charge in [0.2, 0.25) is 0 Å². The summed E-state index contributed by atoms with van der Waals surface area (Å²) in [5.74, 6) is -1.18. The summed E-state index contributed by atoms with van der Waals surface area (Å²) in [5.41, 5.74) is -0.933. The number of benzene rings is 1. The van der Waals surface area contributed by atoms with Crippen molar-refractivity contribution in [3.05, 3.63) is 45.0 Å². The van der Waals surface area contributed by atoms with E-state index >= 15 is 0 Å². The lowest BCUT2D eigenvalue weighted by Gasteiger charge is -2.10. The lowest BCUT2D eigenvalue weighted by atomic mass is 10.2. The smallest absolute Gasteiger partial charge is 0.306 e. The molecule has 0 spiro atoms. The van der Waals surface area contributed by atoms with Gasteiger partial charge in [0.25, 0.3) is 11.1 Å². The normalized spacial score (nSPS) is 12.5. The summed E-state index contributed by atoms with van der Waals surface area (Å²) in [6.07, 6.45) is -1.74. The summed E-state index contributed by atoms with van der Waals surface area (Å²) in [6, 6.07) is 6.29. The van der Waals surface area contributed by atoms with Gasteiger partial charge >= 0.3 is 5.97 Å². The molecule has 0 fully saturated rings. The molecule has 19 heavy (non-hydrogen) atoms. The molecule has 0 aliphatic carbocycles. The van der Waals surface area contributed by atoms with Crippen LogP contribution in [0.2, 0.25) is 0 Å².